The van der Waals surface area contributed by atoms with E-state index in [1.807, 2.05) is 6.92 Å². The van der Waals surface area contributed by atoms with Crippen LogP contribution >= 0.6 is 0 Å². The van der Waals surface area contributed by atoms with Crippen molar-refractivity contribution >= 4 is 17.4 Å². The summed E-state index contributed by atoms with van der Waals surface area (Å²) < 4.78 is 12.0. The molecule has 1 aliphatic rings. The zero-order valence-corrected chi connectivity index (χ0v) is 14.7. The Morgan fingerprint density at radius 3 is 2.77 bits per heavy atom. The minimum atomic E-state index is -0.352. The topological polar surface area (TPSA) is 77.8 Å². The summed E-state index contributed by atoms with van der Waals surface area (Å²) in [7, 11) is 0. The van der Waals surface area contributed by atoms with Gasteiger partial charge in [0.05, 0.1) is 18.8 Å². The molecule has 0 N–H and O–H groups in total. The lowest BCUT2D eigenvalue weighted by Gasteiger charge is -2.28. The van der Waals surface area contributed by atoms with Crippen molar-refractivity contribution < 1.29 is 19.1 Å². The molecule has 0 aliphatic carbocycles. The predicted octanol–water partition coefficient (Wildman–Crippen LogP) is 1.88. The van der Waals surface area contributed by atoms with Gasteiger partial charge in [0.25, 0.3) is 11.5 Å². The number of rotatable bonds is 6. The van der Waals surface area contributed by atoms with Gasteiger partial charge in [-0.1, -0.05) is 0 Å². The molecule has 1 aliphatic heterocycles. The molecular formula is C19H20N2O5. The molecule has 0 radical (unpaired) electrons. The summed E-state index contributed by atoms with van der Waals surface area (Å²) >= 11 is 0. The average Bonchev–Trinajstić information content (AvgIpc) is 2.64. The van der Waals surface area contributed by atoms with Crippen LogP contribution in [0.15, 0.2) is 41.3 Å². The zero-order valence-electron chi connectivity index (χ0n) is 14.7. The number of ketones is 1. The first-order chi connectivity index (χ1) is 12.5. The number of hydrogen-bond donors (Lipinski definition) is 0. The molecule has 0 fully saturated rings. The molecule has 136 valence electrons. The number of carbonyl (C=O) groups excluding carboxylic acids is 2. The number of aromatic nitrogens is 1. The van der Waals surface area contributed by atoms with Gasteiger partial charge < -0.3 is 18.9 Å². The van der Waals surface area contributed by atoms with Gasteiger partial charge in [0.1, 0.15) is 5.75 Å². The second kappa shape index (κ2) is 7.43. The summed E-state index contributed by atoms with van der Waals surface area (Å²) in [5.41, 5.74) is 0.633. The lowest BCUT2D eigenvalue weighted by atomic mass is 10.1. The van der Waals surface area contributed by atoms with E-state index in [1.54, 1.807) is 48.4 Å². The third kappa shape index (κ3) is 3.33. The maximum absolute atomic E-state index is 12.7. The highest BCUT2D eigenvalue weighted by molar-refractivity contribution is 6.01. The van der Waals surface area contributed by atoms with Crippen LogP contribution in [0.5, 0.6) is 11.5 Å². The summed E-state index contributed by atoms with van der Waals surface area (Å²) in [5, 5.41) is 0. The highest BCUT2D eigenvalue weighted by Gasteiger charge is 2.25. The van der Waals surface area contributed by atoms with Crippen molar-refractivity contribution in [1.82, 2.24) is 4.57 Å². The molecule has 0 atom stereocenters. The molecule has 1 aromatic heterocycles. The first kappa shape index (κ1) is 17.7. The molecule has 0 saturated heterocycles. The molecule has 0 unspecified atom stereocenters. The van der Waals surface area contributed by atoms with Crippen molar-refractivity contribution in [2.24, 2.45) is 0 Å². The largest absolute Gasteiger partial charge is 0.488 e. The monoisotopic (exact) mass is 356 g/mol. The van der Waals surface area contributed by atoms with Gasteiger partial charge in [-0.15, -0.1) is 0 Å². The molecule has 0 bridgehead atoms. The molecule has 2 heterocycles. The van der Waals surface area contributed by atoms with Gasteiger partial charge in [-0.2, -0.15) is 0 Å². The Labute approximate surface area is 150 Å². The van der Waals surface area contributed by atoms with Crippen LogP contribution in [0.1, 0.15) is 24.2 Å². The van der Waals surface area contributed by atoms with E-state index in [-0.39, 0.29) is 36.2 Å². The number of nitrogens with zero attached hydrogens (tertiary/aromatic N) is 2. The fourth-order valence-corrected chi connectivity index (χ4v) is 2.87. The number of carbonyl (C=O) groups is 2. The van der Waals surface area contributed by atoms with E-state index in [0.29, 0.717) is 30.2 Å². The molecule has 26 heavy (non-hydrogen) atoms. The molecule has 0 spiro atoms. The highest BCUT2D eigenvalue weighted by atomic mass is 16.5. The van der Waals surface area contributed by atoms with E-state index in [1.165, 1.54) is 4.57 Å². The fraction of sp³-hybridized carbons (Fsp3) is 0.316. The molecule has 7 heteroatoms. The Bertz CT molecular complexity index is 903. The van der Waals surface area contributed by atoms with E-state index < -0.39 is 0 Å². The van der Waals surface area contributed by atoms with E-state index in [9.17, 15) is 14.4 Å². The average molecular weight is 356 g/mol. The van der Waals surface area contributed by atoms with Crippen molar-refractivity contribution in [3.8, 4) is 11.5 Å². The predicted molar refractivity (Wildman–Crippen MR) is 96.2 cm³/mol. The van der Waals surface area contributed by atoms with Crippen LogP contribution in [0.2, 0.25) is 0 Å². The summed E-state index contributed by atoms with van der Waals surface area (Å²) in [5.74, 6) is 0.394. The minimum Gasteiger partial charge on any atom is -0.488 e. The third-order valence-electron chi connectivity index (χ3n) is 4.14. The zero-order chi connectivity index (χ0) is 18.7. The minimum absolute atomic E-state index is 0.00620. The molecule has 7 nitrogen and oxygen atoms in total. The van der Waals surface area contributed by atoms with Gasteiger partial charge in [-0.3, -0.25) is 14.4 Å². The van der Waals surface area contributed by atoms with E-state index >= 15 is 0 Å². The molecule has 3 rings (SSSR count). The van der Waals surface area contributed by atoms with Crippen LogP contribution in [0, 0.1) is 0 Å². The van der Waals surface area contributed by atoms with Crippen molar-refractivity contribution in [3.05, 3.63) is 52.4 Å². The van der Waals surface area contributed by atoms with Crippen LogP contribution in [0.25, 0.3) is 0 Å². The summed E-state index contributed by atoms with van der Waals surface area (Å²) in [6.45, 7) is 4.40. The molecule has 1 amide bonds. The van der Waals surface area contributed by atoms with E-state index in [0.717, 1.165) is 0 Å². The number of fused-ring (bicyclic) bond motifs is 1. The van der Waals surface area contributed by atoms with Crippen LogP contribution in [0.4, 0.5) is 5.69 Å². The Morgan fingerprint density at radius 2 is 2.04 bits per heavy atom. The first-order valence-electron chi connectivity index (χ1n) is 8.47. The van der Waals surface area contributed by atoms with Gasteiger partial charge in [0.15, 0.2) is 18.1 Å². The van der Waals surface area contributed by atoms with Gasteiger partial charge >= 0.3 is 0 Å². The highest BCUT2D eigenvalue weighted by Crippen LogP contribution is 2.33. The normalized spacial score (nSPS) is 13.2. The van der Waals surface area contributed by atoms with Crippen LogP contribution in [-0.2, 0) is 11.3 Å². The molecular weight excluding hydrogens is 336 g/mol. The summed E-state index contributed by atoms with van der Waals surface area (Å²) in [6, 6.07) is 8.20. The van der Waals surface area contributed by atoms with Crippen LogP contribution in [-0.4, -0.2) is 36.0 Å². The number of benzene rings is 1. The fourth-order valence-electron chi connectivity index (χ4n) is 2.87. The number of Topliss-reactive ketones (excluding diaryl/α,β-unsaturated/α-hetero) is 1. The maximum atomic E-state index is 12.7. The van der Waals surface area contributed by atoms with Crippen LogP contribution in [0.3, 0.4) is 0 Å². The van der Waals surface area contributed by atoms with Crippen molar-refractivity contribution in [2.45, 2.75) is 20.4 Å². The Hall–Kier alpha value is -3.09. The Morgan fingerprint density at radius 1 is 1.23 bits per heavy atom. The van der Waals surface area contributed by atoms with Gasteiger partial charge in [0, 0.05) is 18.3 Å². The van der Waals surface area contributed by atoms with Gasteiger partial charge in [-0.05, 0) is 44.2 Å². The van der Waals surface area contributed by atoms with Crippen molar-refractivity contribution in [3.63, 3.8) is 0 Å². The lowest BCUT2D eigenvalue weighted by molar-refractivity contribution is -0.121. The van der Waals surface area contributed by atoms with Crippen molar-refractivity contribution in [1.29, 1.82) is 0 Å². The second-order valence-electron chi connectivity index (χ2n) is 5.77. The number of pyridine rings is 1. The third-order valence-corrected chi connectivity index (χ3v) is 4.14. The second-order valence-corrected chi connectivity index (χ2v) is 5.77. The quantitative estimate of drug-likeness (QED) is 0.739. The number of hydrogen-bond acceptors (Lipinski definition) is 5. The number of likely N-dealkylation sites (N-methyl/N-ethyl adjacent to an activating group) is 1. The molecule has 1 aromatic carbocycles. The van der Waals surface area contributed by atoms with Gasteiger partial charge in [-0.25, -0.2) is 0 Å². The maximum Gasteiger partial charge on any atom is 0.293 e. The van der Waals surface area contributed by atoms with E-state index in [2.05, 4.69) is 0 Å². The lowest BCUT2D eigenvalue weighted by Crippen LogP contribution is -2.38. The number of anilines is 1. The molecule has 0 saturated carbocycles. The van der Waals surface area contributed by atoms with E-state index in [4.69, 9.17) is 9.47 Å². The summed E-state index contributed by atoms with van der Waals surface area (Å²) in [4.78, 5) is 38.5. The first-order valence-corrected chi connectivity index (χ1v) is 8.47. The number of ether oxygens (including phenoxy) is 2. The van der Waals surface area contributed by atoms with Crippen molar-refractivity contribution in [2.75, 3.05) is 24.7 Å². The summed E-state index contributed by atoms with van der Waals surface area (Å²) in [6.07, 6.45) is 1.55. The SMILES string of the molecule is CCOc1cccn(CC(=O)c2ccc3c(c2)N(CC)C(=O)CO3)c1=O. The van der Waals surface area contributed by atoms with Gasteiger partial charge in [0.2, 0.25) is 0 Å². The molecule has 2 aromatic rings. The van der Waals surface area contributed by atoms with Crippen LogP contribution < -0.4 is 19.9 Å². The Kier molecular flexibility index (Phi) is 5.06. The smallest absolute Gasteiger partial charge is 0.293 e. The standard InChI is InChI=1S/C19H20N2O5/c1-3-21-14-10-13(7-8-16(14)26-12-18(21)23)15(22)11-20-9-5-6-17(19(20)24)25-4-2/h5-10H,3-4,11-12H2,1-2H3. The number of amides is 1. The Balaban J connectivity index is 1.88.